The maximum Gasteiger partial charge on any atom is 0.409 e. The van der Waals surface area contributed by atoms with Gasteiger partial charge < -0.3 is 9.64 Å². The molecule has 1 saturated heterocycles. The van der Waals surface area contributed by atoms with Crippen LogP contribution in [0.5, 0.6) is 0 Å². The van der Waals surface area contributed by atoms with Crippen molar-refractivity contribution in [2.75, 3.05) is 19.7 Å². The lowest BCUT2D eigenvalue weighted by Crippen LogP contribution is -2.40. The number of halogens is 1. The van der Waals surface area contributed by atoms with Crippen LogP contribution in [-0.4, -0.2) is 36.5 Å². The molecule has 1 amide bonds. The third kappa shape index (κ3) is 4.29. The van der Waals surface area contributed by atoms with E-state index in [1.54, 1.807) is 4.90 Å². The Bertz CT molecular complexity index is 507. The highest BCUT2D eigenvalue weighted by Gasteiger charge is 2.28. The second kappa shape index (κ2) is 7.92. The number of rotatable bonds is 5. The number of hydrogen-bond donors (Lipinski definition) is 0. The molecule has 22 heavy (non-hydrogen) atoms. The van der Waals surface area contributed by atoms with Gasteiger partial charge in [0.05, 0.1) is 6.61 Å². The fourth-order valence-electron chi connectivity index (χ4n) is 2.57. The average Bonchev–Trinajstić information content (AvgIpc) is 2.55. The minimum atomic E-state index is -0.346. The Labute approximate surface area is 130 Å². The predicted molar refractivity (Wildman–Crippen MR) is 81.3 cm³/mol. The molecule has 1 heterocycles. The van der Waals surface area contributed by atoms with Crippen LogP contribution in [0, 0.1) is 11.7 Å². The van der Waals surface area contributed by atoms with E-state index in [2.05, 4.69) is 0 Å². The molecular weight excluding hydrogens is 285 g/mol. The van der Waals surface area contributed by atoms with Gasteiger partial charge in [0.15, 0.2) is 5.78 Å². The largest absolute Gasteiger partial charge is 0.449 e. The zero-order chi connectivity index (χ0) is 15.9. The number of unbranched alkanes of at least 4 members (excludes halogenated alkanes) is 1. The summed E-state index contributed by atoms with van der Waals surface area (Å²) in [6.07, 6.45) is 2.81. The van der Waals surface area contributed by atoms with Gasteiger partial charge in [-0.1, -0.05) is 13.3 Å². The molecule has 1 fully saturated rings. The van der Waals surface area contributed by atoms with Crippen LogP contribution in [0.4, 0.5) is 9.18 Å². The van der Waals surface area contributed by atoms with Crippen molar-refractivity contribution in [3.63, 3.8) is 0 Å². The highest BCUT2D eigenvalue weighted by molar-refractivity contribution is 5.97. The Hall–Kier alpha value is -1.91. The lowest BCUT2D eigenvalue weighted by molar-refractivity contribution is 0.0734. The fourth-order valence-corrected chi connectivity index (χ4v) is 2.57. The highest BCUT2D eigenvalue weighted by atomic mass is 19.1. The SMILES string of the molecule is CCCCOC(=O)N1CCC(C(=O)c2ccc(F)cc2)CC1. The Morgan fingerprint density at radius 2 is 1.86 bits per heavy atom. The molecule has 1 aliphatic heterocycles. The first-order valence-electron chi connectivity index (χ1n) is 7.83. The summed E-state index contributed by atoms with van der Waals surface area (Å²) < 4.78 is 18.1. The van der Waals surface area contributed by atoms with Crippen LogP contribution >= 0.6 is 0 Å². The van der Waals surface area contributed by atoms with E-state index in [0.717, 1.165) is 12.8 Å². The van der Waals surface area contributed by atoms with Crippen LogP contribution < -0.4 is 0 Å². The summed E-state index contributed by atoms with van der Waals surface area (Å²) in [5, 5.41) is 0. The summed E-state index contributed by atoms with van der Waals surface area (Å²) >= 11 is 0. The smallest absolute Gasteiger partial charge is 0.409 e. The molecule has 0 spiro atoms. The predicted octanol–water partition coefficient (Wildman–Crippen LogP) is 3.66. The van der Waals surface area contributed by atoms with Gasteiger partial charge in [0.1, 0.15) is 5.82 Å². The summed E-state index contributed by atoms with van der Waals surface area (Å²) in [7, 11) is 0. The molecular formula is C17H22FNO3. The van der Waals surface area contributed by atoms with E-state index >= 15 is 0 Å². The summed E-state index contributed by atoms with van der Waals surface area (Å²) in [5.74, 6) is -0.426. The molecule has 1 aromatic rings. The van der Waals surface area contributed by atoms with Gasteiger partial charge in [-0.05, 0) is 43.5 Å². The van der Waals surface area contributed by atoms with Crippen molar-refractivity contribution < 1.29 is 18.7 Å². The zero-order valence-corrected chi connectivity index (χ0v) is 12.9. The number of ether oxygens (including phenoxy) is 1. The topological polar surface area (TPSA) is 46.6 Å². The first kappa shape index (κ1) is 16.5. The highest BCUT2D eigenvalue weighted by Crippen LogP contribution is 2.22. The van der Waals surface area contributed by atoms with E-state index < -0.39 is 0 Å². The molecule has 2 rings (SSSR count). The van der Waals surface area contributed by atoms with Gasteiger partial charge in [0.2, 0.25) is 0 Å². The number of carbonyl (C=O) groups is 2. The number of benzene rings is 1. The number of likely N-dealkylation sites (tertiary alicyclic amines) is 1. The van der Waals surface area contributed by atoms with Crippen molar-refractivity contribution in [3.8, 4) is 0 Å². The lowest BCUT2D eigenvalue weighted by atomic mass is 9.89. The van der Waals surface area contributed by atoms with E-state index in [4.69, 9.17) is 4.74 Å². The number of carbonyl (C=O) groups excluding carboxylic acids is 2. The van der Waals surface area contributed by atoms with E-state index in [1.807, 2.05) is 6.92 Å². The molecule has 1 aromatic carbocycles. The fraction of sp³-hybridized carbons (Fsp3) is 0.529. The molecule has 1 aliphatic rings. The molecule has 0 saturated carbocycles. The minimum absolute atomic E-state index is 0.0269. The quantitative estimate of drug-likeness (QED) is 0.616. The van der Waals surface area contributed by atoms with E-state index in [-0.39, 0.29) is 23.6 Å². The molecule has 0 N–H and O–H groups in total. The van der Waals surface area contributed by atoms with Crippen LogP contribution in [-0.2, 0) is 4.74 Å². The number of ketones is 1. The van der Waals surface area contributed by atoms with Crippen LogP contribution in [0.1, 0.15) is 43.0 Å². The van der Waals surface area contributed by atoms with E-state index in [9.17, 15) is 14.0 Å². The van der Waals surface area contributed by atoms with Crippen molar-refractivity contribution >= 4 is 11.9 Å². The van der Waals surface area contributed by atoms with Crippen molar-refractivity contribution in [1.29, 1.82) is 0 Å². The maximum atomic E-state index is 12.9. The molecule has 0 bridgehead atoms. The van der Waals surface area contributed by atoms with Crippen molar-refractivity contribution in [3.05, 3.63) is 35.6 Å². The summed E-state index contributed by atoms with van der Waals surface area (Å²) in [5.41, 5.74) is 0.533. The molecule has 120 valence electrons. The molecule has 0 unspecified atom stereocenters. The molecule has 0 radical (unpaired) electrons. The summed E-state index contributed by atoms with van der Waals surface area (Å²) in [6, 6.07) is 5.63. The number of piperidine rings is 1. The number of hydrogen-bond acceptors (Lipinski definition) is 3. The monoisotopic (exact) mass is 307 g/mol. The van der Waals surface area contributed by atoms with Gasteiger partial charge in [-0.15, -0.1) is 0 Å². The third-order valence-corrected chi connectivity index (χ3v) is 3.98. The summed E-state index contributed by atoms with van der Waals surface area (Å²) in [6.45, 7) is 3.55. The molecule has 0 atom stereocenters. The van der Waals surface area contributed by atoms with Gasteiger partial charge in [-0.3, -0.25) is 4.79 Å². The Morgan fingerprint density at radius 3 is 2.45 bits per heavy atom. The van der Waals surface area contributed by atoms with Gasteiger partial charge in [-0.2, -0.15) is 0 Å². The molecule has 0 aliphatic carbocycles. The number of nitrogens with zero attached hydrogens (tertiary/aromatic N) is 1. The summed E-state index contributed by atoms with van der Waals surface area (Å²) in [4.78, 5) is 25.8. The van der Waals surface area contributed by atoms with Gasteiger partial charge >= 0.3 is 6.09 Å². The number of amides is 1. The molecule has 0 aromatic heterocycles. The average molecular weight is 307 g/mol. The maximum absolute atomic E-state index is 12.9. The normalized spacial score (nSPS) is 15.6. The molecule has 4 nitrogen and oxygen atoms in total. The van der Waals surface area contributed by atoms with Gasteiger partial charge in [0.25, 0.3) is 0 Å². The van der Waals surface area contributed by atoms with E-state index in [1.165, 1.54) is 24.3 Å². The first-order chi connectivity index (χ1) is 10.6. The van der Waals surface area contributed by atoms with Crippen LogP contribution in [0.3, 0.4) is 0 Å². The first-order valence-corrected chi connectivity index (χ1v) is 7.83. The Morgan fingerprint density at radius 1 is 1.23 bits per heavy atom. The third-order valence-electron chi connectivity index (χ3n) is 3.98. The van der Waals surface area contributed by atoms with Gasteiger partial charge in [0, 0.05) is 24.6 Å². The second-order valence-corrected chi connectivity index (χ2v) is 5.60. The minimum Gasteiger partial charge on any atom is -0.449 e. The van der Waals surface area contributed by atoms with Crippen molar-refractivity contribution in [2.24, 2.45) is 5.92 Å². The van der Waals surface area contributed by atoms with Crippen LogP contribution in [0.2, 0.25) is 0 Å². The second-order valence-electron chi connectivity index (χ2n) is 5.60. The molecule has 5 heteroatoms. The standard InChI is InChI=1S/C17H22FNO3/c1-2-3-12-22-17(21)19-10-8-14(9-11-19)16(20)13-4-6-15(18)7-5-13/h4-7,14H,2-3,8-12H2,1H3. The van der Waals surface area contributed by atoms with Gasteiger partial charge in [-0.25, -0.2) is 9.18 Å². The van der Waals surface area contributed by atoms with E-state index in [0.29, 0.717) is 38.1 Å². The Kier molecular flexibility index (Phi) is 5.92. The zero-order valence-electron chi connectivity index (χ0n) is 12.9. The van der Waals surface area contributed by atoms with Crippen molar-refractivity contribution in [2.45, 2.75) is 32.6 Å². The van der Waals surface area contributed by atoms with Crippen LogP contribution in [0.15, 0.2) is 24.3 Å². The lowest BCUT2D eigenvalue weighted by Gasteiger charge is -2.30. The Balaban J connectivity index is 1.82. The van der Waals surface area contributed by atoms with Crippen LogP contribution in [0.25, 0.3) is 0 Å². The number of Topliss-reactive ketones (excluding diaryl/α,β-unsaturated/α-hetero) is 1. The van der Waals surface area contributed by atoms with Crippen molar-refractivity contribution in [1.82, 2.24) is 4.90 Å².